The zero-order valence-electron chi connectivity index (χ0n) is 9.47. The van der Waals surface area contributed by atoms with Gasteiger partial charge in [-0.3, -0.25) is 0 Å². The maximum absolute atomic E-state index is 9.91. The standard InChI is InChI=1S/C11H18N2O3/c1-13-6-9(14)11(15)8-4-3-7(12)5-10(8)16-2/h3-5,9,11,13-15H,6,12H2,1-2H3. The van der Waals surface area contributed by atoms with E-state index in [0.717, 1.165) is 0 Å². The quantitative estimate of drug-likeness (QED) is 0.526. The molecule has 5 heteroatoms. The predicted molar refractivity (Wildman–Crippen MR) is 62.3 cm³/mol. The number of methoxy groups -OCH3 is 1. The van der Waals surface area contributed by atoms with Gasteiger partial charge in [0.2, 0.25) is 0 Å². The summed E-state index contributed by atoms with van der Waals surface area (Å²) in [6.45, 7) is 0.300. The fourth-order valence-corrected chi connectivity index (χ4v) is 1.50. The zero-order chi connectivity index (χ0) is 12.1. The van der Waals surface area contributed by atoms with E-state index in [1.165, 1.54) is 7.11 Å². The monoisotopic (exact) mass is 226 g/mol. The Hall–Kier alpha value is -1.30. The number of ether oxygens (including phenoxy) is 1. The zero-order valence-corrected chi connectivity index (χ0v) is 9.47. The average Bonchev–Trinajstić information content (AvgIpc) is 2.28. The Kier molecular flexibility index (Phi) is 4.54. The van der Waals surface area contributed by atoms with Crippen LogP contribution in [-0.2, 0) is 0 Å². The van der Waals surface area contributed by atoms with Gasteiger partial charge in [0, 0.05) is 23.9 Å². The topological polar surface area (TPSA) is 87.7 Å². The third kappa shape index (κ3) is 2.85. The number of hydrogen-bond donors (Lipinski definition) is 4. The average molecular weight is 226 g/mol. The molecule has 0 amide bonds. The Bertz CT molecular complexity index is 344. The maximum Gasteiger partial charge on any atom is 0.126 e. The van der Waals surface area contributed by atoms with Crippen LogP contribution in [0.25, 0.3) is 0 Å². The molecule has 1 rings (SSSR count). The summed E-state index contributed by atoms with van der Waals surface area (Å²) in [7, 11) is 3.20. The van der Waals surface area contributed by atoms with Gasteiger partial charge in [0.15, 0.2) is 0 Å². The Morgan fingerprint density at radius 1 is 1.44 bits per heavy atom. The molecule has 0 aliphatic carbocycles. The van der Waals surface area contributed by atoms with Crippen molar-refractivity contribution in [1.29, 1.82) is 0 Å². The second-order valence-corrected chi connectivity index (χ2v) is 3.57. The predicted octanol–water partition coefficient (Wildman–Crippen LogP) is -0.109. The summed E-state index contributed by atoms with van der Waals surface area (Å²) in [6.07, 6.45) is -1.88. The van der Waals surface area contributed by atoms with Crippen molar-refractivity contribution < 1.29 is 14.9 Å². The van der Waals surface area contributed by atoms with Crippen LogP contribution >= 0.6 is 0 Å². The number of aliphatic hydroxyl groups excluding tert-OH is 2. The molecule has 16 heavy (non-hydrogen) atoms. The van der Waals surface area contributed by atoms with Gasteiger partial charge in [-0.1, -0.05) is 6.07 Å². The van der Waals surface area contributed by atoms with E-state index in [0.29, 0.717) is 23.5 Å². The first-order valence-electron chi connectivity index (χ1n) is 5.04. The Morgan fingerprint density at radius 2 is 2.12 bits per heavy atom. The molecule has 5 nitrogen and oxygen atoms in total. The Balaban J connectivity index is 2.93. The lowest BCUT2D eigenvalue weighted by Crippen LogP contribution is -2.29. The van der Waals surface area contributed by atoms with E-state index in [9.17, 15) is 10.2 Å². The first kappa shape index (κ1) is 12.8. The van der Waals surface area contributed by atoms with Crippen LogP contribution in [0.3, 0.4) is 0 Å². The van der Waals surface area contributed by atoms with Gasteiger partial charge in [0.05, 0.1) is 13.2 Å². The van der Waals surface area contributed by atoms with Gasteiger partial charge in [-0.05, 0) is 13.1 Å². The molecule has 0 fully saturated rings. The minimum Gasteiger partial charge on any atom is -0.496 e. The van der Waals surface area contributed by atoms with E-state index in [2.05, 4.69) is 5.32 Å². The van der Waals surface area contributed by atoms with Crippen LogP contribution in [0.4, 0.5) is 5.69 Å². The second kappa shape index (κ2) is 5.69. The third-order valence-electron chi connectivity index (χ3n) is 2.35. The van der Waals surface area contributed by atoms with Gasteiger partial charge >= 0.3 is 0 Å². The van der Waals surface area contributed by atoms with Gasteiger partial charge < -0.3 is 26.0 Å². The van der Waals surface area contributed by atoms with Crippen LogP contribution in [0, 0.1) is 0 Å². The Labute approximate surface area is 94.8 Å². The SMILES string of the molecule is CNCC(O)C(O)c1ccc(N)cc1OC. The first-order valence-corrected chi connectivity index (χ1v) is 5.04. The summed E-state index contributed by atoms with van der Waals surface area (Å²) in [5.74, 6) is 0.475. The number of nitrogens with one attached hydrogen (secondary N) is 1. The van der Waals surface area contributed by atoms with Crippen LogP contribution in [0.1, 0.15) is 11.7 Å². The lowest BCUT2D eigenvalue weighted by atomic mass is 10.0. The van der Waals surface area contributed by atoms with Crippen molar-refractivity contribution in [3.8, 4) is 5.75 Å². The van der Waals surface area contributed by atoms with Crippen molar-refractivity contribution in [2.75, 3.05) is 26.4 Å². The molecule has 0 aliphatic heterocycles. The van der Waals surface area contributed by atoms with E-state index < -0.39 is 12.2 Å². The van der Waals surface area contributed by atoms with Crippen molar-refractivity contribution >= 4 is 5.69 Å². The number of nitrogen functional groups attached to an aromatic ring is 1. The number of hydrogen-bond acceptors (Lipinski definition) is 5. The number of nitrogens with two attached hydrogens (primary N) is 1. The molecule has 0 saturated carbocycles. The highest BCUT2D eigenvalue weighted by molar-refractivity contribution is 5.49. The smallest absolute Gasteiger partial charge is 0.126 e. The molecule has 1 aromatic rings. The van der Waals surface area contributed by atoms with Gasteiger partial charge in [-0.2, -0.15) is 0 Å². The first-order chi connectivity index (χ1) is 7.60. The summed E-state index contributed by atoms with van der Waals surface area (Å²) < 4.78 is 5.10. The van der Waals surface area contributed by atoms with E-state index in [1.807, 2.05) is 0 Å². The molecule has 5 N–H and O–H groups in total. The molecule has 0 spiro atoms. The van der Waals surface area contributed by atoms with Crippen LogP contribution < -0.4 is 15.8 Å². The van der Waals surface area contributed by atoms with Crippen LogP contribution in [0.15, 0.2) is 18.2 Å². The van der Waals surface area contributed by atoms with Gasteiger partial charge in [0.25, 0.3) is 0 Å². The fourth-order valence-electron chi connectivity index (χ4n) is 1.50. The van der Waals surface area contributed by atoms with E-state index in [-0.39, 0.29) is 0 Å². The minimum atomic E-state index is -0.997. The number of anilines is 1. The molecule has 90 valence electrons. The molecule has 2 atom stereocenters. The number of rotatable bonds is 5. The van der Waals surface area contributed by atoms with E-state index in [1.54, 1.807) is 25.2 Å². The second-order valence-electron chi connectivity index (χ2n) is 3.57. The van der Waals surface area contributed by atoms with E-state index >= 15 is 0 Å². The summed E-state index contributed by atoms with van der Waals surface area (Å²) in [6, 6.07) is 4.93. The largest absolute Gasteiger partial charge is 0.496 e. The summed E-state index contributed by atoms with van der Waals surface area (Å²) >= 11 is 0. The molecule has 2 unspecified atom stereocenters. The molecule has 0 bridgehead atoms. The molecule has 1 aromatic carbocycles. The molecule has 0 aliphatic rings. The van der Waals surface area contributed by atoms with Crippen molar-refractivity contribution in [2.45, 2.75) is 12.2 Å². The van der Waals surface area contributed by atoms with Crippen molar-refractivity contribution in [1.82, 2.24) is 5.32 Å². The molecular formula is C11H18N2O3. The Morgan fingerprint density at radius 3 is 2.69 bits per heavy atom. The lowest BCUT2D eigenvalue weighted by Gasteiger charge is -2.20. The number of likely N-dealkylation sites (N-methyl/N-ethyl adjacent to an activating group) is 1. The highest BCUT2D eigenvalue weighted by Crippen LogP contribution is 2.29. The van der Waals surface area contributed by atoms with Crippen molar-refractivity contribution in [3.63, 3.8) is 0 Å². The van der Waals surface area contributed by atoms with Crippen LogP contribution in [-0.4, -0.2) is 37.0 Å². The normalized spacial score (nSPS) is 14.5. The highest BCUT2D eigenvalue weighted by Gasteiger charge is 2.21. The summed E-state index contributed by atoms with van der Waals surface area (Å²) in [5.41, 5.74) is 6.68. The maximum atomic E-state index is 9.91. The lowest BCUT2D eigenvalue weighted by molar-refractivity contribution is 0.0189. The molecule has 0 saturated heterocycles. The third-order valence-corrected chi connectivity index (χ3v) is 2.35. The van der Waals surface area contributed by atoms with Gasteiger partial charge in [0.1, 0.15) is 11.9 Å². The molecule has 0 heterocycles. The highest BCUT2D eigenvalue weighted by atomic mass is 16.5. The summed E-state index contributed by atoms with van der Waals surface area (Å²) in [4.78, 5) is 0. The molecule has 0 aromatic heterocycles. The number of benzene rings is 1. The van der Waals surface area contributed by atoms with Crippen LogP contribution in [0.5, 0.6) is 5.75 Å². The van der Waals surface area contributed by atoms with E-state index in [4.69, 9.17) is 10.5 Å². The van der Waals surface area contributed by atoms with Crippen molar-refractivity contribution in [2.24, 2.45) is 0 Å². The van der Waals surface area contributed by atoms with Crippen molar-refractivity contribution in [3.05, 3.63) is 23.8 Å². The molecule has 0 radical (unpaired) electrons. The minimum absolute atomic E-state index is 0.300. The fraction of sp³-hybridized carbons (Fsp3) is 0.455. The number of aliphatic hydroxyl groups is 2. The summed E-state index contributed by atoms with van der Waals surface area (Å²) in [5, 5.41) is 22.4. The van der Waals surface area contributed by atoms with Gasteiger partial charge in [-0.25, -0.2) is 0 Å². The molecular weight excluding hydrogens is 208 g/mol. The van der Waals surface area contributed by atoms with Gasteiger partial charge in [-0.15, -0.1) is 0 Å². The van der Waals surface area contributed by atoms with Crippen LogP contribution in [0.2, 0.25) is 0 Å².